The first-order valence-corrected chi connectivity index (χ1v) is 6.80. The van der Waals surface area contributed by atoms with Crippen molar-refractivity contribution < 1.29 is 0 Å². The van der Waals surface area contributed by atoms with Crippen LogP contribution in [-0.2, 0) is 5.88 Å². The van der Waals surface area contributed by atoms with Gasteiger partial charge >= 0.3 is 0 Å². The third-order valence-electron chi connectivity index (χ3n) is 2.19. The van der Waals surface area contributed by atoms with Crippen molar-refractivity contribution in [2.45, 2.75) is 10.8 Å². The van der Waals surface area contributed by atoms with Gasteiger partial charge in [0.15, 0.2) is 0 Å². The Kier molecular flexibility index (Phi) is 2.91. The highest BCUT2D eigenvalue weighted by Crippen LogP contribution is 2.37. The molecule has 1 aromatic heterocycles. The van der Waals surface area contributed by atoms with E-state index >= 15 is 0 Å². The van der Waals surface area contributed by atoms with Gasteiger partial charge in [0.1, 0.15) is 0 Å². The maximum absolute atomic E-state index is 6.01. The maximum atomic E-state index is 6.01. The van der Waals surface area contributed by atoms with Gasteiger partial charge in [-0.1, -0.05) is 0 Å². The number of nitrogens with two attached hydrogens (primary N) is 1. The predicted molar refractivity (Wildman–Crippen MR) is 67.6 cm³/mol. The average molecular weight is 244 g/mol. The van der Waals surface area contributed by atoms with Crippen molar-refractivity contribution >= 4 is 50.5 Å². The molecule has 0 fully saturated rings. The van der Waals surface area contributed by atoms with Gasteiger partial charge in [0.05, 0.1) is 0 Å². The van der Waals surface area contributed by atoms with E-state index in [0.717, 1.165) is 16.6 Å². The Balaban J connectivity index is 2.80. The van der Waals surface area contributed by atoms with E-state index < -0.39 is 0 Å². The Bertz CT molecular complexity index is 464. The molecule has 0 amide bonds. The molecule has 0 aliphatic rings. The zero-order chi connectivity index (χ0) is 10.1. The Morgan fingerprint density at radius 2 is 2.36 bits per heavy atom. The number of halogens is 1. The summed E-state index contributed by atoms with van der Waals surface area (Å²) in [7, 11) is 0. The van der Waals surface area contributed by atoms with Crippen LogP contribution < -0.4 is 5.73 Å². The largest absolute Gasteiger partial charge is 0.398 e. The van der Waals surface area contributed by atoms with Crippen molar-refractivity contribution in [1.29, 1.82) is 0 Å². The molecule has 2 aromatic rings. The maximum Gasteiger partial charge on any atom is 0.0499 e. The summed E-state index contributed by atoms with van der Waals surface area (Å²) in [6.07, 6.45) is 2.07. The van der Waals surface area contributed by atoms with E-state index in [1.165, 1.54) is 9.60 Å². The molecule has 1 nitrogen and oxygen atoms in total. The van der Waals surface area contributed by atoms with Crippen LogP contribution in [0, 0.1) is 0 Å². The van der Waals surface area contributed by atoms with Gasteiger partial charge in [-0.05, 0) is 29.3 Å². The number of anilines is 1. The lowest BCUT2D eigenvalue weighted by Gasteiger charge is -2.07. The van der Waals surface area contributed by atoms with Crippen molar-refractivity contribution in [3.63, 3.8) is 0 Å². The van der Waals surface area contributed by atoms with Crippen molar-refractivity contribution in [2.75, 3.05) is 12.0 Å². The molecule has 0 unspecified atom stereocenters. The summed E-state index contributed by atoms with van der Waals surface area (Å²) in [5, 5.41) is 3.20. The van der Waals surface area contributed by atoms with Gasteiger partial charge in [0.2, 0.25) is 0 Å². The molecule has 74 valence electrons. The molecule has 0 aliphatic heterocycles. The third kappa shape index (κ3) is 1.49. The second-order valence-electron chi connectivity index (χ2n) is 2.95. The lowest BCUT2D eigenvalue weighted by atomic mass is 10.1. The quantitative estimate of drug-likeness (QED) is 0.491. The Hall–Kier alpha value is -0.380. The third-order valence-corrected chi connectivity index (χ3v) is 4.32. The molecule has 0 bridgehead atoms. The van der Waals surface area contributed by atoms with Crippen LogP contribution in [0.4, 0.5) is 5.69 Å². The topological polar surface area (TPSA) is 26.0 Å². The van der Waals surface area contributed by atoms with Crippen molar-refractivity contribution in [1.82, 2.24) is 0 Å². The molecular formula is C10H10ClNS2. The lowest BCUT2D eigenvalue weighted by molar-refractivity contribution is 1.38. The summed E-state index contributed by atoms with van der Waals surface area (Å²) in [5.74, 6) is 0.477. The van der Waals surface area contributed by atoms with Gasteiger partial charge in [0, 0.05) is 26.5 Å². The van der Waals surface area contributed by atoms with Crippen LogP contribution in [0.5, 0.6) is 0 Å². The van der Waals surface area contributed by atoms with Crippen molar-refractivity contribution in [2.24, 2.45) is 0 Å². The van der Waals surface area contributed by atoms with Crippen LogP contribution in [0.1, 0.15) is 5.56 Å². The van der Waals surface area contributed by atoms with Gasteiger partial charge < -0.3 is 5.73 Å². The number of alkyl halides is 1. The molecule has 0 spiro atoms. The van der Waals surface area contributed by atoms with E-state index in [0.29, 0.717) is 5.88 Å². The number of fused-ring (bicyclic) bond motifs is 1. The molecule has 0 radical (unpaired) electrons. The number of hydrogen-bond acceptors (Lipinski definition) is 3. The molecule has 0 saturated carbocycles. The Labute approximate surface area is 96.2 Å². The van der Waals surface area contributed by atoms with Crippen LogP contribution >= 0.6 is 34.7 Å². The fourth-order valence-electron chi connectivity index (χ4n) is 1.45. The number of thiophene rings is 1. The fourth-order valence-corrected chi connectivity index (χ4v) is 3.44. The first kappa shape index (κ1) is 10.1. The second-order valence-corrected chi connectivity index (χ2v) is 4.98. The fraction of sp³-hybridized carbons (Fsp3) is 0.200. The normalized spacial score (nSPS) is 11.0. The van der Waals surface area contributed by atoms with Crippen molar-refractivity contribution in [3.05, 3.63) is 23.1 Å². The molecule has 0 atom stereocenters. The smallest absolute Gasteiger partial charge is 0.0499 e. The van der Waals surface area contributed by atoms with Gasteiger partial charge in [-0.15, -0.1) is 34.7 Å². The zero-order valence-corrected chi connectivity index (χ0v) is 10.1. The van der Waals surface area contributed by atoms with Gasteiger partial charge in [-0.25, -0.2) is 0 Å². The van der Waals surface area contributed by atoms with Crippen LogP contribution in [0.3, 0.4) is 0 Å². The monoisotopic (exact) mass is 243 g/mol. The van der Waals surface area contributed by atoms with Gasteiger partial charge in [-0.3, -0.25) is 0 Å². The summed E-state index contributed by atoms with van der Waals surface area (Å²) >= 11 is 9.31. The van der Waals surface area contributed by atoms with Crippen molar-refractivity contribution in [3.8, 4) is 0 Å². The van der Waals surface area contributed by atoms with E-state index in [-0.39, 0.29) is 0 Å². The minimum absolute atomic E-state index is 0.477. The minimum atomic E-state index is 0.477. The second kappa shape index (κ2) is 4.01. The predicted octanol–water partition coefficient (Wildman–Crippen LogP) is 3.94. The number of thioether (sulfide) groups is 1. The standard InChI is InChI=1S/C10H10ClNS2/c1-13-8-4-6(5-11)9(12)7-2-3-14-10(7)8/h2-4H,5,12H2,1H3. The van der Waals surface area contributed by atoms with Crippen LogP contribution in [0.15, 0.2) is 22.4 Å². The Morgan fingerprint density at radius 3 is 3.00 bits per heavy atom. The summed E-state index contributed by atoms with van der Waals surface area (Å²) in [4.78, 5) is 1.26. The van der Waals surface area contributed by atoms with E-state index in [1.807, 2.05) is 0 Å². The summed E-state index contributed by atoms with van der Waals surface area (Å²) in [6, 6.07) is 4.15. The first-order chi connectivity index (χ1) is 6.77. The lowest BCUT2D eigenvalue weighted by Crippen LogP contribution is -1.93. The highest BCUT2D eigenvalue weighted by molar-refractivity contribution is 7.99. The number of hydrogen-bond donors (Lipinski definition) is 1. The first-order valence-electron chi connectivity index (χ1n) is 4.16. The summed E-state index contributed by atoms with van der Waals surface area (Å²) < 4.78 is 1.27. The van der Waals surface area contributed by atoms with E-state index in [1.54, 1.807) is 23.1 Å². The number of nitrogen functional groups attached to an aromatic ring is 1. The van der Waals surface area contributed by atoms with Gasteiger partial charge in [0.25, 0.3) is 0 Å². The van der Waals surface area contributed by atoms with E-state index in [4.69, 9.17) is 17.3 Å². The molecule has 1 aromatic carbocycles. The van der Waals surface area contributed by atoms with Crippen LogP contribution in [0.25, 0.3) is 10.1 Å². The van der Waals surface area contributed by atoms with Gasteiger partial charge in [-0.2, -0.15) is 0 Å². The average Bonchev–Trinajstić information content (AvgIpc) is 2.68. The minimum Gasteiger partial charge on any atom is -0.398 e. The highest BCUT2D eigenvalue weighted by Gasteiger charge is 2.09. The Morgan fingerprint density at radius 1 is 1.57 bits per heavy atom. The van der Waals surface area contributed by atoms with Crippen LogP contribution in [-0.4, -0.2) is 6.26 Å². The molecule has 0 aliphatic carbocycles. The molecule has 2 N–H and O–H groups in total. The van der Waals surface area contributed by atoms with E-state index in [2.05, 4.69) is 23.8 Å². The molecule has 2 rings (SSSR count). The SMILES string of the molecule is CSc1cc(CCl)c(N)c2ccsc12. The van der Waals surface area contributed by atoms with Crippen LogP contribution in [0.2, 0.25) is 0 Å². The molecular weight excluding hydrogens is 234 g/mol. The summed E-state index contributed by atoms with van der Waals surface area (Å²) in [6.45, 7) is 0. The van der Waals surface area contributed by atoms with E-state index in [9.17, 15) is 0 Å². The number of rotatable bonds is 2. The highest BCUT2D eigenvalue weighted by atomic mass is 35.5. The zero-order valence-electron chi connectivity index (χ0n) is 7.71. The molecule has 14 heavy (non-hydrogen) atoms. The molecule has 0 saturated heterocycles. The number of benzene rings is 1. The summed E-state index contributed by atoms with van der Waals surface area (Å²) in [5.41, 5.74) is 7.87. The molecule has 4 heteroatoms. The molecule has 1 heterocycles.